The van der Waals surface area contributed by atoms with Crippen LogP contribution in [0.25, 0.3) is 0 Å². The summed E-state index contributed by atoms with van der Waals surface area (Å²) in [6, 6.07) is 0.963. The maximum atomic E-state index is 5.71. The van der Waals surface area contributed by atoms with E-state index in [2.05, 4.69) is 11.8 Å². The van der Waals surface area contributed by atoms with Crippen LogP contribution in [0.5, 0.6) is 0 Å². The smallest absolute Gasteiger partial charge is 0.00965 e. The first-order valence-corrected chi connectivity index (χ1v) is 8.27. The van der Waals surface area contributed by atoms with E-state index >= 15 is 0 Å². The molecule has 2 N–H and O–H groups in total. The molecule has 0 aliphatic heterocycles. The van der Waals surface area contributed by atoms with Crippen LogP contribution in [0.2, 0.25) is 0 Å². The molecule has 2 nitrogen and oxygen atoms in total. The molecule has 0 radical (unpaired) electrons. The fourth-order valence-electron chi connectivity index (χ4n) is 3.15. The number of nitrogens with two attached hydrogens (primary N) is 1. The van der Waals surface area contributed by atoms with Crippen molar-refractivity contribution >= 4 is 0 Å². The van der Waals surface area contributed by atoms with E-state index in [0.29, 0.717) is 0 Å². The second-order valence-electron chi connectivity index (χ2n) is 6.54. The van der Waals surface area contributed by atoms with Gasteiger partial charge < -0.3 is 10.6 Å². The van der Waals surface area contributed by atoms with Crippen LogP contribution in [-0.2, 0) is 0 Å². The predicted octanol–water partition coefficient (Wildman–Crippen LogP) is 3.41. The Morgan fingerprint density at radius 1 is 1.11 bits per heavy atom. The lowest BCUT2D eigenvalue weighted by atomic mass is 9.94. The van der Waals surface area contributed by atoms with E-state index in [0.717, 1.165) is 24.4 Å². The van der Waals surface area contributed by atoms with Gasteiger partial charge in [-0.25, -0.2) is 0 Å². The summed E-state index contributed by atoms with van der Waals surface area (Å²) in [6.45, 7) is 5.93. The predicted molar refractivity (Wildman–Crippen MR) is 78.6 cm³/mol. The van der Waals surface area contributed by atoms with Gasteiger partial charge in [-0.3, -0.25) is 0 Å². The van der Waals surface area contributed by atoms with E-state index in [-0.39, 0.29) is 0 Å². The van der Waals surface area contributed by atoms with Crippen molar-refractivity contribution in [3.8, 4) is 0 Å². The zero-order chi connectivity index (χ0) is 12.8. The van der Waals surface area contributed by atoms with Crippen LogP contribution >= 0.6 is 0 Å². The van der Waals surface area contributed by atoms with Gasteiger partial charge in [-0.05, 0) is 69.9 Å². The summed E-state index contributed by atoms with van der Waals surface area (Å²) >= 11 is 0. The third-order valence-electron chi connectivity index (χ3n) is 4.58. The Balaban J connectivity index is 1.61. The molecule has 0 aromatic rings. The summed E-state index contributed by atoms with van der Waals surface area (Å²) in [5, 5.41) is 0. The van der Waals surface area contributed by atoms with Crippen LogP contribution in [0.3, 0.4) is 0 Å². The summed E-state index contributed by atoms with van der Waals surface area (Å²) in [5.74, 6) is 1.95. The Labute approximate surface area is 113 Å². The number of rotatable bonds is 11. The number of hydrogen-bond donors (Lipinski definition) is 1. The van der Waals surface area contributed by atoms with Crippen molar-refractivity contribution in [3.63, 3.8) is 0 Å². The highest BCUT2D eigenvalue weighted by atomic mass is 15.2. The zero-order valence-corrected chi connectivity index (χ0v) is 12.2. The Hall–Kier alpha value is -0.0800. The molecule has 2 fully saturated rings. The normalized spacial score (nSPS) is 21.5. The van der Waals surface area contributed by atoms with Crippen molar-refractivity contribution in [3.05, 3.63) is 0 Å². The maximum absolute atomic E-state index is 5.71. The van der Waals surface area contributed by atoms with Gasteiger partial charge in [-0.15, -0.1) is 0 Å². The highest BCUT2D eigenvalue weighted by Gasteiger charge is 2.33. The van der Waals surface area contributed by atoms with Gasteiger partial charge in [0.25, 0.3) is 0 Å². The first kappa shape index (κ1) is 14.3. The highest BCUT2D eigenvalue weighted by Crippen LogP contribution is 2.35. The van der Waals surface area contributed by atoms with Crippen molar-refractivity contribution < 1.29 is 0 Å². The second-order valence-corrected chi connectivity index (χ2v) is 6.54. The molecular weight excluding hydrogens is 220 g/mol. The fraction of sp³-hybridized carbons (Fsp3) is 1.00. The number of hydrogen-bond acceptors (Lipinski definition) is 2. The minimum Gasteiger partial charge on any atom is -0.330 e. The highest BCUT2D eigenvalue weighted by molar-refractivity contribution is 4.88. The van der Waals surface area contributed by atoms with Crippen LogP contribution in [0.1, 0.15) is 64.7 Å². The van der Waals surface area contributed by atoms with E-state index in [1.165, 1.54) is 70.9 Å². The quantitative estimate of drug-likeness (QED) is 0.610. The second kappa shape index (κ2) is 7.49. The van der Waals surface area contributed by atoms with Crippen molar-refractivity contribution in [1.29, 1.82) is 0 Å². The van der Waals surface area contributed by atoms with Gasteiger partial charge in [-0.1, -0.05) is 19.8 Å². The zero-order valence-electron chi connectivity index (χ0n) is 12.2. The monoisotopic (exact) mass is 252 g/mol. The SMILES string of the molecule is CCCC(CCN)CCCN(CC1CC1)C1CC1. The molecule has 1 unspecified atom stereocenters. The first-order chi connectivity index (χ1) is 8.83. The van der Waals surface area contributed by atoms with E-state index in [4.69, 9.17) is 5.73 Å². The molecule has 0 spiro atoms. The van der Waals surface area contributed by atoms with Gasteiger partial charge in [0, 0.05) is 12.6 Å². The largest absolute Gasteiger partial charge is 0.330 e. The molecule has 2 heteroatoms. The first-order valence-electron chi connectivity index (χ1n) is 8.27. The van der Waals surface area contributed by atoms with Gasteiger partial charge in [0.05, 0.1) is 0 Å². The maximum Gasteiger partial charge on any atom is 0.00965 e. The van der Waals surface area contributed by atoms with Crippen molar-refractivity contribution in [2.75, 3.05) is 19.6 Å². The van der Waals surface area contributed by atoms with E-state index in [1.807, 2.05) is 0 Å². The Morgan fingerprint density at radius 2 is 1.89 bits per heavy atom. The molecule has 2 saturated carbocycles. The summed E-state index contributed by atoms with van der Waals surface area (Å²) in [7, 11) is 0. The molecule has 2 rings (SSSR count). The average Bonchev–Trinajstić information content (AvgIpc) is 3.21. The van der Waals surface area contributed by atoms with E-state index in [9.17, 15) is 0 Å². The minimum absolute atomic E-state index is 0.874. The van der Waals surface area contributed by atoms with Crippen molar-refractivity contribution in [2.24, 2.45) is 17.6 Å². The molecule has 0 saturated heterocycles. The summed E-state index contributed by atoms with van der Waals surface area (Å²) < 4.78 is 0. The topological polar surface area (TPSA) is 29.3 Å². The van der Waals surface area contributed by atoms with Crippen LogP contribution in [0.4, 0.5) is 0 Å². The third kappa shape index (κ3) is 5.27. The lowest BCUT2D eigenvalue weighted by molar-refractivity contribution is 0.238. The number of nitrogens with zero attached hydrogens (tertiary/aromatic N) is 1. The van der Waals surface area contributed by atoms with E-state index < -0.39 is 0 Å². The Bertz CT molecular complexity index is 215. The molecule has 0 heterocycles. The lowest BCUT2D eigenvalue weighted by Crippen LogP contribution is -2.29. The van der Waals surface area contributed by atoms with Gasteiger partial charge in [0.15, 0.2) is 0 Å². The molecule has 2 aliphatic carbocycles. The lowest BCUT2D eigenvalue weighted by Gasteiger charge is -2.23. The summed E-state index contributed by atoms with van der Waals surface area (Å²) in [4.78, 5) is 2.79. The van der Waals surface area contributed by atoms with E-state index in [1.54, 1.807) is 0 Å². The van der Waals surface area contributed by atoms with Gasteiger partial charge >= 0.3 is 0 Å². The minimum atomic E-state index is 0.874. The molecule has 0 aromatic heterocycles. The molecule has 18 heavy (non-hydrogen) atoms. The Morgan fingerprint density at radius 3 is 2.44 bits per heavy atom. The summed E-state index contributed by atoms with van der Waals surface area (Å²) in [5.41, 5.74) is 5.71. The van der Waals surface area contributed by atoms with Crippen LogP contribution in [-0.4, -0.2) is 30.6 Å². The van der Waals surface area contributed by atoms with Gasteiger partial charge in [-0.2, -0.15) is 0 Å². The Kier molecular flexibility index (Phi) is 5.97. The molecule has 0 amide bonds. The van der Waals surface area contributed by atoms with Gasteiger partial charge in [0.2, 0.25) is 0 Å². The van der Waals surface area contributed by atoms with Crippen molar-refractivity contribution in [1.82, 2.24) is 4.90 Å². The molecular formula is C16H32N2. The van der Waals surface area contributed by atoms with Crippen LogP contribution in [0, 0.1) is 11.8 Å². The molecule has 0 aromatic carbocycles. The van der Waals surface area contributed by atoms with Crippen LogP contribution < -0.4 is 5.73 Å². The van der Waals surface area contributed by atoms with Gasteiger partial charge in [0.1, 0.15) is 0 Å². The van der Waals surface area contributed by atoms with Crippen molar-refractivity contribution in [2.45, 2.75) is 70.8 Å². The molecule has 106 valence electrons. The fourth-order valence-corrected chi connectivity index (χ4v) is 3.15. The third-order valence-corrected chi connectivity index (χ3v) is 4.58. The average molecular weight is 252 g/mol. The molecule has 0 bridgehead atoms. The summed E-state index contributed by atoms with van der Waals surface area (Å²) in [6.07, 6.45) is 12.7. The van der Waals surface area contributed by atoms with Crippen LogP contribution in [0.15, 0.2) is 0 Å². The standard InChI is InChI=1S/C16H32N2/c1-2-4-14(10-11-17)5-3-12-18(16-8-9-16)13-15-6-7-15/h14-16H,2-13,17H2,1H3. The molecule has 1 atom stereocenters. The molecule has 2 aliphatic rings.